The van der Waals surface area contributed by atoms with E-state index in [9.17, 15) is 4.79 Å². The number of ether oxygens (including phenoxy) is 3. The number of allylic oxidation sites excluding steroid dienone is 1. The molecule has 1 aromatic heterocycles. The Kier molecular flexibility index (Phi) is 10.4. The highest BCUT2D eigenvalue weighted by Crippen LogP contribution is 2.43. The van der Waals surface area contributed by atoms with Crippen molar-refractivity contribution in [3.8, 4) is 17.2 Å². The van der Waals surface area contributed by atoms with Gasteiger partial charge in [0.25, 0.3) is 5.91 Å². The van der Waals surface area contributed by atoms with Crippen molar-refractivity contribution in [1.82, 2.24) is 14.8 Å². The van der Waals surface area contributed by atoms with Crippen LogP contribution >= 0.6 is 39.3 Å². The Morgan fingerprint density at radius 1 is 1.11 bits per heavy atom. The van der Waals surface area contributed by atoms with E-state index in [4.69, 9.17) is 35.9 Å². The molecule has 1 atom stereocenters. The molecule has 3 aromatic carbocycles. The van der Waals surface area contributed by atoms with Crippen molar-refractivity contribution in [3.63, 3.8) is 0 Å². The number of rotatable bonds is 12. The first kappa shape index (κ1) is 31.7. The van der Waals surface area contributed by atoms with Crippen molar-refractivity contribution >= 4 is 56.8 Å². The van der Waals surface area contributed by atoms with Crippen LogP contribution in [0.3, 0.4) is 0 Å². The van der Waals surface area contributed by atoms with E-state index in [0.717, 1.165) is 24.0 Å². The molecular weight excluding hydrogens is 666 g/mol. The minimum atomic E-state index is -0.641. The van der Waals surface area contributed by atoms with Crippen LogP contribution in [0.1, 0.15) is 43.9 Å². The number of carbonyl (C=O) groups is 1. The highest BCUT2D eigenvalue weighted by molar-refractivity contribution is 9.10. The first-order valence-electron chi connectivity index (χ1n) is 14.1. The monoisotopic (exact) mass is 697 g/mol. The van der Waals surface area contributed by atoms with Crippen LogP contribution in [0.5, 0.6) is 17.2 Å². The van der Waals surface area contributed by atoms with E-state index < -0.39 is 6.04 Å². The number of unbranched alkanes of at least 4 members (excludes halogenated alkanes) is 1. The molecule has 0 radical (unpaired) electrons. The Morgan fingerprint density at radius 2 is 1.86 bits per heavy atom. The van der Waals surface area contributed by atoms with E-state index in [1.165, 1.54) is 11.8 Å². The molecule has 1 unspecified atom stereocenters. The van der Waals surface area contributed by atoms with Crippen molar-refractivity contribution in [2.75, 3.05) is 31.5 Å². The summed E-state index contributed by atoms with van der Waals surface area (Å²) in [6.07, 6.45) is 1.92. The lowest BCUT2D eigenvalue weighted by Gasteiger charge is -2.29. The largest absolute Gasteiger partial charge is 0.495 e. The third-order valence-electron chi connectivity index (χ3n) is 7.06. The number of nitrogens with zero attached hydrogens (tertiary/aromatic N) is 3. The molecule has 230 valence electrons. The second-order valence-corrected chi connectivity index (χ2v) is 12.2. The van der Waals surface area contributed by atoms with Gasteiger partial charge >= 0.3 is 0 Å². The van der Waals surface area contributed by atoms with Gasteiger partial charge in [0, 0.05) is 16.5 Å². The van der Waals surface area contributed by atoms with Crippen molar-refractivity contribution in [2.24, 2.45) is 0 Å². The van der Waals surface area contributed by atoms with Crippen LogP contribution < -0.4 is 24.8 Å². The van der Waals surface area contributed by atoms with Crippen LogP contribution in [0.2, 0.25) is 5.02 Å². The van der Waals surface area contributed by atoms with Gasteiger partial charge in [-0.1, -0.05) is 67.0 Å². The zero-order valence-electron chi connectivity index (χ0n) is 24.8. The molecule has 12 heteroatoms. The number of hydrogen-bond acceptors (Lipinski definition) is 8. The van der Waals surface area contributed by atoms with E-state index >= 15 is 0 Å². The summed E-state index contributed by atoms with van der Waals surface area (Å²) in [5, 5.41) is 12.4. The van der Waals surface area contributed by atoms with Gasteiger partial charge in [-0.2, -0.15) is 4.98 Å². The van der Waals surface area contributed by atoms with E-state index in [1.54, 1.807) is 31.0 Å². The predicted octanol–water partition coefficient (Wildman–Crippen LogP) is 8.11. The third-order valence-corrected chi connectivity index (χ3v) is 8.90. The highest BCUT2D eigenvalue weighted by atomic mass is 79.9. The molecule has 1 amide bonds. The van der Waals surface area contributed by atoms with Gasteiger partial charge in [0.1, 0.15) is 11.8 Å². The molecule has 2 N–H and O–H groups in total. The quantitative estimate of drug-likeness (QED) is 0.113. The van der Waals surface area contributed by atoms with Gasteiger partial charge in [-0.05, 0) is 70.7 Å². The maximum Gasteiger partial charge on any atom is 0.255 e. The first-order valence-corrected chi connectivity index (χ1v) is 16.2. The number of carbonyl (C=O) groups excluding carboxylic acids is 1. The number of nitrogens with one attached hydrogen (secondary N) is 2. The number of halogens is 2. The zero-order chi connectivity index (χ0) is 31.2. The molecule has 0 aliphatic carbocycles. The average molecular weight is 699 g/mol. The maximum absolute atomic E-state index is 14.1. The SMILES string of the molecule is CCCCOc1c(Br)cc(C2C(C(=O)Nc3ccccc3OC)=C(C)Nc3nc(SCc4ccccc4Cl)nn32)cc1OC. The van der Waals surface area contributed by atoms with Crippen LogP contribution in [0, 0.1) is 0 Å². The number of hydrogen-bond donors (Lipinski definition) is 2. The number of thioether (sulfide) groups is 1. The summed E-state index contributed by atoms with van der Waals surface area (Å²) >= 11 is 11.5. The summed E-state index contributed by atoms with van der Waals surface area (Å²) in [4.78, 5) is 18.8. The molecule has 0 spiro atoms. The lowest BCUT2D eigenvalue weighted by Crippen LogP contribution is -2.31. The van der Waals surface area contributed by atoms with Crippen molar-refractivity contribution in [3.05, 3.63) is 92.6 Å². The Labute approximate surface area is 274 Å². The van der Waals surface area contributed by atoms with Crippen LogP contribution in [0.4, 0.5) is 11.6 Å². The van der Waals surface area contributed by atoms with Crippen molar-refractivity contribution in [1.29, 1.82) is 0 Å². The number of benzene rings is 3. The molecule has 4 aromatic rings. The normalized spacial score (nSPS) is 14.1. The molecule has 9 nitrogen and oxygen atoms in total. The van der Waals surface area contributed by atoms with E-state index in [0.29, 0.717) is 67.2 Å². The average Bonchev–Trinajstić information content (AvgIpc) is 3.43. The maximum atomic E-state index is 14.1. The third kappa shape index (κ3) is 6.85. The van der Waals surface area contributed by atoms with E-state index in [2.05, 4.69) is 33.5 Å². The summed E-state index contributed by atoms with van der Waals surface area (Å²) in [5.41, 5.74) is 3.40. The zero-order valence-corrected chi connectivity index (χ0v) is 28.0. The predicted molar refractivity (Wildman–Crippen MR) is 178 cm³/mol. The summed E-state index contributed by atoms with van der Waals surface area (Å²) in [6, 6.07) is 18.2. The topological polar surface area (TPSA) is 99.5 Å². The van der Waals surface area contributed by atoms with Gasteiger partial charge in [0.05, 0.1) is 36.6 Å². The smallest absolute Gasteiger partial charge is 0.255 e. The van der Waals surface area contributed by atoms with Crippen molar-refractivity contribution in [2.45, 2.75) is 43.6 Å². The van der Waals surface area contributed by atoms with Crippen LogP contribution in [0.15, 0.2) is 81.6 Å². The lowest BCUT2D eigenvalue weighted by atomic mass is 9.94. The number of aromatic nitrogens is 3. The van der Waals surface area contributed by atoms with E-state index in [1.807, 2.05) is 55.5 Å². The first-order chi connectivity index (χ1) is 21.3. The number of anilines is 2. The Balaban J connectivity index is 1.56. The van der Waals surface area contributed by atoms with E-state index in [-0.39, 0.29) is 5.91 Å². The van der Waals surface area contributed by atoms with Crippen LogP contribution in [-0.2, 0) is 10.5 Å². The molecule has 5 rings (SSSR count). The van der Waals surface area contributed by atoms with Gasteiger partial charge in [0.2, 0.25) is 11.1 Å². The summed E-state index contributed by atoms with van der Waals surface area (Å²) < 4.78 is 19.7. The number of amides is 1. The molecule has 0 bridgehead atoms. The second kappa shape index (κ2) is 14.4. The molecule has 0 fully saturated rings. The van der Waals surface area contributed by atoms with Gasteiger partial charge < -0.3 is 24.8 Å². The number of para-hydroxylation sites is 2. The summed E-state index contributed by atoms with van der Waals surface area (Å²) in [5.74, 6) is 2.49. The Hall–Kier alpha value is -3.67. The number of fused-ring (bicyclic) bond motifs is 1. The summed E-state index contributed by atoms with van der Waals surface area (Å²) in [7, 11) is 3.17. The van der Waals surface area contributed by atoms with Crippen LogP contribution in [-0.4, -0.2) is 41.5 Å². The van der Waals surface area contributed by atoms with Gasteiger partial charge in [-0.25, -0.2) is 4.68 Å². The second-order valence-electron chi connectivity index (χ2n) is 10.00. The van der Waals surface area contributed by atoms with Crippen LogP contribution in [0.25, 0.3) is 0 Å². The molecule has 0 saturated heterocycles. The molecule has 1 aliphatic heterocycles. The number of methoxy groups -OCH3 is 2. The Bertz CT molecular complexity index is 1700. The minimum Gasteiger partial charge on any atom is -0.495 e. The van der Waals surface area contributed by atoms with Crippen molar-refractivity contribution < 1.29 is 19.0 Å². The summed E-state index contributed by atoms with van der Waals surface area (Å²) in [6.45, 7) is 4.52. The Morgan fingerprint density at radius 3 is 2.61 bits per heavy atom. The molecule has 1 aliphatic rings. The lowest BCUT2D eigenvalue weighted by molar-refractivity contribution is -0.113. The minimum absolute atomic E-state index is 0.311. The van der Waals surface area contributed by atoms with Gasteiger partial charge in [-0.3, -0.25) is 4.79 Å². The fourth-order valence-corrected chi connectivity index (χ4v) is 6.54. The standard InChI is InChI=1S/C32H33BrClN5O4S/c1-5-6-15-43-29-22(33)16-21(17-26(29)42-4)28-27(30(40)36-24-13-9-10-14-25(24)41-3)19(2)35-31-37-32(38-39(28)31)44-18-20-11-7-8-12-23(20)34/h7-14,16-17,28H,5-6,15,18H2,1-4H3,(H,36,40)(H,35,37,38). The molecular formula is C32H33BrClN5O4S. The molecule has 44 heavy (non-hydrogen) atoms. The van der Waals surface area contributed by atoms with Gasteiger partial charge in [-0.15, -0.1) is 5.10 Å². The fourth-order valence-electron chi connectivity index (χ4n) is 4.85. The highest BCUT2D eigenvalue weighted by Gasteiger charge is 2.36. The van der Waals surface area contributed by atoms with Gasteiger partial charge in [0.15, 0.2) is 11.5 Å². The molecule has 2 heterocycles. The fraction of sp³-hybridized carbons (Fsp3) is 0.281. The molecule has 0 saturated carbocycles.